The number of anilines is 1. The number of para-hydroxylation sites is 1. The van der Waals surface area contributed by atoms with E-state index in [1.807, 2.05) is 24.3 Å². The van der Waals surface area contributed by atoms with Gasteiger partial charge in [0.2, 0.25) is 0 Å². The number of carbonyl (C=O) groups excluding carboxylic acids is 1. The predicted molar refractivity (Wildman–Crippen MR) is 89.3 cm³/mol. The maximum absolute atomic E-state index is 12.4. The van der Waals surface area contributed by atoms with Gasteiger partial charge in [-0.05, 0) is 42.0 Å². The number of nitrogens with zero attached hydrogens (tertiary/aromatic N) is 2. The van der Waals surface area contributed by atoms with Gasteiger partial charge in [-0.25, -0.2) is 0 Å². The van der Waals surface area contributed by atoms with Crippen LogP contribution in [0.4, 0.5) is 5.69 Å². The summed E-state index contributed by atoms with van der Waals surface area (Å²) in [7, 11) is 0. The number of hydrogen-bond acceptors (Lipinski definition) is 3. The third kappa shape index (κ3) is 3.50. The molecule has 1 aromatic heterocycles. The first-order chi connectivity index (χ1) is 10.6. The Bertz CT molecular complexity index is 626. The van der Waals surface area contributed by atoms with E-state index in [9.17, 15) is 4.79 Å². The summed E-state index contributed by atoms with van der Waals surface area (Å²) >= 11 is 0. The Hall–Kier alpha value is -2.23. The molecule has 0 atom stereocenters. The van der Waals surface area contributed by atoms with Crippen molar-refractivity contribution >= 4 is 11.6 Å². The molecule has 4 nitrogen and oxygen atoms in total. The summed E-state index contributed by atoms with van der Waals surface area (Å²) in [6, 6.07) is 9.71. The molecule has 0 spiro atoms. The van der Waals surface area contributed by atoms with Crippen LogP contribution in [0.3, 0.4) is 0 Å². The van der Waals surface area contributed by atoms with Crippen molar-refractivity contribution in [2.24, 2.45) is 0 Å². The van der Waals surface area contributed by atoms with Crippen LogP contribution in [0.25, 0.3) is 0 Å². The summed E-state index contributed by atoms with van der Waals surface area (Å²) in [5, 5.41) is 11.2. The van der Waals surface area contributed by atoms with Crippen molar-refractivity contribution in [1.29, 1.82) is 0 Å². The third-order valence-corrected chi connectivity index (χ3v) is 3.75. The van der Waals surface area contributed by atoms with E-state index in [0.29, 0.717) is 11.6 Å². The minimum absolute atomic E-state index is 0.210. The van der Waals surface area contributed by atoms with Crippen molar-refractivity contribution in [2.45, 2.75) is 46.5 Å². The van der Waals surface area contributed by atoms with Crippen LogP contribution >= 0.6 is 0 Å². The van der Waals surface area contributed by atoms with E-state index in [0.717, 1.165) is 35.3 Å². The second-order valence-electron chi connectivity index (χ2n) is 5.61. The van der Waals surface area contributed by atoms with Crippen LogP contribution in [0.1, 0.15) is 60.9 Å². The summed E-state index contributed by atoms with van der Waals surface area (Å²) < 4.78 is 0. The fourth-order valence-electron chi connectivity index (χ4n) is 2.35. The highest BCUT2D eigenvalue weighted by atomic mass is 16.1. The van der Waals surface area contributed by atoms with Gasteiger partial charge in [0.15, 0.2) is 5.69 Å². The predicted octanol–water partition coefficient (Wildman–Crippen LogP) is 3.98. The molecule has 0 aliphatic rings. The van der Waals surface area contributed by atoms with Crippen molar-refractivity contribution in [3.05, 3.63) is 52.8 Å². The Morgan fingerprint density at radius 2 is 1.68 bits per heavy atom. The molecular weight excluding hydrogens is 274 g/mol. The Morgan fingerprint density at radius 1 is 1.05 bits per heavy atom. The SMILES string of the molecule is CCc1cccc(CC)c1NC(=O)c1ccc(C(C)C)nn1. The maximum Gasteiger partial charge on any atom is 0.276 e. The van der Waals surface area contributed by atoms with Crippen molar-refractivity contribution in [1.82, 2.24) is 10.2 Å². The zero-order chi connectivity index (χ0) is 16.1. The van der Waals surface area contributed by atoms with Crippen molar-refractivity contribution in [2.75, 3.05) is 5.32 Å². The molecule has 1 heterocycles. The maximum atomic E-state index is 12.4. The lowest BCUT2D eigenvalue weighted by Gasteiger charge is -2.14. The monoisotopic (exact) mass is 297 g/mol. The minimum Gasteiger partial charge on any atom is -0.320 e. The smallest absolute Gasteiger partial charge is 0.276 e. The largest absolute Gasteiger partial charge is 0.320 e. The van der Waals surface area contributed by atoms with E-state index in [1.165, 1.54) is 0 Å². The van der Waals surface area contributed by atoms with Crippen molar-refractivity contribution in [3.63, 3.8) is 0 Å². The number of hydrogen-bond donors (Lipinski definition) is 1. The van der Waals surface area contributed by atoms with Crippen LogP contribution in [0.5, 0.6) is 0 Å². The van der Waals surface area contributed by atoms with Gasteiger partial charge < -0.3 is 5.32 Å². The van der Waals surface area contributed by atoms with Gasteiger partial charge in [0.25, 0.3) is 5.91 Å². The molecule has 0 unspecified atom stereocenters. The highest BCUT2D eigenvalue weighted by Crippen LogP contribution is 2.23. The van der Waals surface area contributed by atoms with E-state index in [4.69, 9.17) is 0 Å². The lowest BCUT2D eigenvalue weighted by molar-refractivity contribution is 0.102. The Kier molecular flexibility index (Phi) is 5.26. The van der Waals surface area contributed by atoms with Gasteiger partial charge in [-0.2, -0.15) is 5.10 Å². The molecule has 0 aliphatic carbocycles. The zero-order valence-electron chi connectivity index (χ0n) is 13.7. The number of aryl methyl sites for hydroxylation is 2. The Labute approximate surface area is 132 Å². The number of amides is 1. The molecule has 0 bridgehead atoms. The summed E-state index contributed by atoms with van der Waals surface area (Å²) in [5.41, 5.74) is 4.42. The Balaban J connectivity index is 2.25. The van der Waals surface area contributed by atoms with Crippen LogP contribution in [-0.4, -0.2) is 16.1 Å². The molecule has 0 fully saturated rings. The van der Waals surface area contributed by atoms with Gasteiger partial charge in [-0.15, -0.1) is 5.10 Å². The van der Waals surface area contributed by atoms with Crippen LogP contribution in [0, 0.1) is 0 Å². The van der Waals surface area contributed by atoms with Crippen LogP contribution in [0.2, 0.25) is 0 Å². The third-order valence-electron chi connectivity index (χ3n) is 3.75. The molecule has 2 aromatic rings. The number of rotatable bonds is 5. The molecule has 1 amide bonds. The molecule has 4 heteroatoms. The average molecular weight is 297 g/mol. The highest BCUT2D eigenvalue weighted by Gasteiger charge is 2.13. The van der Waals surface area contributed by atoms with E-state index < -0.39 is 0 Å². The van der Waals surface area contributed by atoms with Crippen molar-refractivity contribution in [3.8, 4) is 0 Å². The van der Waals surface area contributed by atoms with Gasteiger partial charge in [0, 0.05) is 5.69 Å². The summed E-state index contributed by atoms with van der Waals surface area (Å²) in [4.78, 5) is 12.4. The molecule has 1 N–H and O–H groups in total. The molecule has 0 saturated heterocycles. The number of nitrogens with one attached hydrogen (secondary N) is 1. The minimum atomic E-state index is -0.210. The Morgan fingerprint density at radius 3 is 2.14 bits per heavy atom. The normalized spacial score (nSPS) is 10.8. The zero-order valence-corrected chi connectivity index (χ0v) is 13.7. The number of benzene rings is 1. The molecular formula is C18H23N3O. The van der Waals surface area contributed by atoms with E-state index in [2.05, 4.69) is 43.2 Å². The molecule has 1 aromatic carbocycles. The number of aromatic nitrogens is 2. The summed E-state index contributed by atoms with van der Waals surface area (Å²) in [6.07, 6.45) is 1.75. The molecule has 0 radical (unpaired) electrons. The molecule has 0 saturated carbocycles. The molecule has 116 valence electrons. The standard InChI is InChI=1S/C18H23N3O/c1-5-13-8-7-9-14(6-2)17(13)19-18(22)16-11-10-15(12(3)4)20-21-16/h7-12H,5-6H2,1-4H3,(H,19,22). The summed E-state index contributed by atoms with van der Waals surface area (Å²) in [5.74, 6) is 0.0931. The first-order valence-electron chi connectivity index (χ1n) is 7.82. The van der Waals surface area contributed by atoms with Crippen LogP contribution in [0.15, 0.2) is 30.3 Å². The first kappa shape index (κ1) is 16.1. The van der Waals surface area contributed by atoms with Gasteiger partial charge in [0.1, 0.15) is 0 Å². The molecule has 0 aliphatic heterocycles. The van der Waals surface area contributed by atoms with E-state index in [1.54, 1.807) is 6.07 Å². The lowest BCUT2D eigenvalue weighted by atomic mass is 10.0. The van der Waals surface area contributed by atoms with Gasteiger partial charge in [-0.3, -0.25) is 4.79 Å². The topological polar surface area (TPSA) is 54.9 Å². The molecule has 2 rings (SSSR count). The number of carbonyl (C=O) groups is 1. The fourth-order valence-corrected chi connectivity index (χ4v) is 2.35. The van der Waals surface area contributed by atoms with Crippen LogP contribution < -0.4 is 5.32 Å². The van der Waals surface area contributed by atoms with Crippen molar-refractivity contribution < 1.29 is 4.79 Å². The quantitative estimate of drug-likeness (QED) is 0.908. The second-order valence-corrected chi connectivity index (χ2v) is 5.61. The van der Waals surface area contributed by atoms with E-state index in [-0.39, 0.29) is 5.91 Å². The lowest BCUT2D eigenvalue weighted by Crippen LogP contribution is -2.17. The first-order valence-corrected chi connectivity index (χ1v) is 7.82. The fraction of sp³-hybridized carbons (Fsp3) is 0.389. The van der Waals surface area contributed by atoms with Crippen LogP contribution in [-0.2, 0) is 12.8 Å². The molecule has 22 heavy (non-hydrogen) atoms. The average Bonchev–Trinajstić information content (AvgIpc) is 2.55. The highest BCUT2D eigenvalue weighted by molar-refractivity contribution is 6.03. The van der Waals surface area contributed by atoms with Gasteiger partial charge in [0.05, 0.1) is 5.69 Å². The van der Waals surface area contributed by atoms with E-state index >= 15 is 0 Å². The summed E-state index contributed by atoms with van der Waals surface area (Å²) in [6.45, 7) is 8.27. The van der Waals surface area contributed by atoms with Gasteiger partial charge >= 0.3 is 0 Å². The second kappa shape index (κ2) is 7.16. The van der Waals surface area contributed by atoms with Gasteiger partial charge in [-0.1, -0.05) is 45.9 Å².